The second kappa shape index (κ2) is 77.5. The first-order chi connectivity index (χ1) is 46.6. The molecule has 2 unspecified atom stereocenters. The Balaban J connectivity index is 3.93. The summed E-state index contributed by atoms with van der Waals surface area (Å²) in [7, 11) is 5.96. The first-order valence-corrected chi connectivity index (χ1v) is 42.5. The van der Waals surface area contributed by atoms with E-state index in [1.807, 2.05) is 21.1 Å². The van der Waals surface area contributed by atoms with Crippen molar-refractivity contribution in [2.75, 3.05) is 47.5 Å². The number of unbranched alkanes of at least 4 members (excludes halogenated alkanes) is 62. The molecule has 0 saturated carbocycles. The molecule has 0 aromatic rings. The Labute approximate surface area is 592 Å². The molecule has 0 amide bonds. The molecular formula is C86H165NO8. The number of allylic oxidation sites excluding steroid dienone is 4. The van der Waals surface area contributed by atoms with E-state index < -0.39 is 24.3 Å². The highest BCUT2D eigenvalue weighted by Crippen LogP contribution is 2.21. The van der Waals surface area contributed by atoms with Gasteiger partial charge in [0.1, 0.15) is 13.2 Å². The summed E-state index contributed by atoms with van der Waals surface area (Å²) in [5, 5.41) is 11.9. The van der Waals surface area contributed by atoms with Crippen molar-refractivity contribution < 1.29 is 42.9 Å². The molecule has 562 valence electrons. The van der Waals surface area contributed by atoms with Crippen molar-refractivity contribution in [3.05, 3.63) is 24.3 Å². The normalized spacial score (nSPS) is 12.6. The van der Waals surface area contributed by atoms with Crippen LogP contribution in [0, 0.1) is 0 Å². The number of aliphatic carboxylic acids is 1. The molecule has 9 heteroatoms. The maximum Gasteiger partial charge on any atom is 0.306 e. The van der Waals surface area contributed by atoms with Crippen LogP contribution in [0.5, 0.6) is 0 Å². The van der Waals surface area contributed by atoms with Gasteiger partial charge < -0.3 is 33.3 Å². The van der Waals surface area contributed by atoms with Gasteiger partial charge in [0.05, 0.1) is 40.3 Å². The molecule has 0 radical (unpaired) electrons. The van der Waals surface area contributed by atoms with Gasteiger partial charge in [-0.3, -0.25) is 9.59 Å². The third kappa shape index (κ3) is 79.0. The molecule has 0 saturated heterocycles. The maximum atomic E-state index is 13.0. The van der Waals surface area contributed by atoms with E-state index in [1.165, 1.54) is 385 Å². The van der Waals surface area contributed by atoms with Crippen molar-refractivity contribution in [2.24, 2.45) is 0 Å². The maximum absolute atomic E-state index is 13.0. The van der Waals surface area contributed by atoms with Crippen LogP contribution in [-0.4, -0.2) is 82.3 Å². The fourth-order valence-corrected chi connectivity index (χ4v) is 13.2. The standard InChI is InChI=1S/C86H165NO8/c1-6-8-10-12-14-16-18-20-22-24-26-28-30-32-34-36-38-40-41-42-43-45-47-49-51-53-55-57-59-61-63-65-67-69-71-73-75-77-84(89)95-82(81-94-86(85(90)91)92-79-78-87(3,4)5)80-93-83(88)76-74-72-70-68-66-64-62-60-58-56-54-52-50-48-46-44-39-37-35-33-31-29-27-25-23-21-19-17-15-13-11-9-7-2/h24-27,82,86H,6-23,28-81H2,1-5H3/b26-24-,27-25-. The predicted octanol–water partition coefficient (Wildman–Crippen LogP) is 25.9. The van der Waals surface area contributed by atoms with E-state index in [0.717, 1.165) is 38.5 Å². The number of rotatable bonds is 81. The number of nitrogens with zero attached hydrogens (tertiary/aromatic N) is 1. The summed E-state index contributed by atoms with van der Waals surface area (Å²) >= 11 is 0. The van der Waals surface area contributed by atoms with Crippen LogP contribution in [0.25, 0.3) is 0 Å². The summed E-state index contributed by atoms with van der Waals surface area (Å²) < 4.78 is 22.9. The van der Waals surface area contributed by atoms with Gasteiger partial charge in [-0.2, -0.15) is 0 Å². The summed E-state index contributed by atoms with van der Waals surface area (Å²) in [5.74, 6) is -2.24. The van der Waals surface area contributed by atoms with Crippen LogP contribution in [-0.2, 0) is 33.3 Å². The number of carboxylic acids is 1. The fraction of sp³-hybridized carbons (Fsp3) is 0.919. The molecule has 0 aliphatic rings. The summed E-state index contributed by atoms with van der Waals surface area (Å²) in [6, 6.07) is 0. The molecule has 0 aliphatic carbocycles. The summed E-state index contributed by atoms with van der Waals surface area (Å²) in [5.41, 5.74) is 0. The largest absolute Gasteiger partial charge is 0.545 e. The van der Waals surface area contributed by atoms with Gasteiger partial charge in [0.15, 0.2) is 12.4 Å². The zero-order valence-corrected chi connectivity index (χ0v) is 64.6. The van der Waals surface area contributed by atoms with Crippen LogP contribution in [0.15, 0.2) is 24.3 Å². The molecule has 0 aromatic heterocycles. The lowest BCUT2D eigenvalue weighted by atomic mass is 10.0. The van der Waals surface area contributed by atoms with Crippen molar-refractivity contribution in [3.63, 3.8) is 0 Å². The molecule has 0 fully saturated rings. The summed E-state index contributed by atoms with van der Waals surface area (Å²) in [4.78, 5) is 37.6. The number of carbonyl (C=O) groups is 3. The molecular weight excluding hydrogens is 1170 g/mol. The third-order valence-corrected chi connectivity index (χ3v) is 19.7. The number of carboxylic acid groups (broad SMARTS) is 1. The monoisotopic (exact) mass is 1340 g/mol. The third-order valence-electron chi connectivity index (χ3n) is 19.7. The Hall–Kier alpha value is -2.23. The highest BCUT2D eigenvalue weighted by Gasteiger charge is 2.22. The van der Waals surface area contributed by atoms with E-state index >= 15 is 0 Å². The number of carbonyl (C=O) groups excluding carboxylic acids is 3. The van der Waals surface area contributed by atoms with Gasteiger partial charge in [0.2, 0.25) is 0 Å². The number of hydrogen-bond acceptors (Lipinski definition) is 8. The van der Waals surface area contributed by atoms with Gasteiger partial charge in [-0.15, -0.1) is 0 Å². The minimum atomic E-state index is -1.62. The van der Waals surface area contributed by atoms with Crippen LogP contribution in [0.2, 0.25) is 0 Å². The smallest absolute Gasteiger partial charge is 0.306 e. The van der Waals surface area contributed by atoms with Crippen molar-refractivity contribution in [2.45, 2.75) is 463 Å². The first kappa shape index (κ1) is 92.8. The molecule has 0 spiro atoms. The lowest BCUT2D eigenvalue weighted by molar-refractivity contribution is -0.870. The van der Waals surface area contributed by atoms with Gasteiger partial charge in [-0.25, -0.2) is 0 Å². The van der Waals surface area contributed by atoms with E-state index in [1.54, 1.807) is 0 Å². The average molecular weight is 1340 g/mol. The zero-order chi connectivity index (χ0) is 69.0. The van der Waals surface area contributed by atoms with Crippen LogP contribution in [0.1, 0.15) is 450 Å². The highest BCUT2D eigenvalue weighted by molar-refractivity contribution is 5.70. The van der Waals surface area contributed by atoms with Crippen molar-refractivity contribution >= 4 is 17.9 Å². The average Bonchev–Trinajstić information content (AvgIpc) is 3.75. The van der Waals surface area contributed by atoms with Gasteiger partial charge in [-0.1, -0.05) is 398 Å². The quantitative estimate of drug-likeness (QED) is 0.0195. The Kier molecular flexibility index (Phi) is 75.7. The number of esters is 2. The lowest BCUT2D eigenvalue weighted by Gasteiger charge is -2.26. The molecule has 0 heterocycles. The van der Waals surface area contributed by atoms with Gasteiger partial charge >= 0.3 is 11.9 Å². The van der Waals surface area contributed by atoms with Crippen LogP contribution in [0.4, 0.5) is 0 Å². The minimum absolute atomic E-state index is 0.152. The Morgan fingerprint density at radius 3 is 0.779 bits per heavy atom. The Bertz CT molecular complexity index is 1610. The van der Waals surface area contributed by atoms with Crippen molar-refractivity contribution in [1.29, 1.82) is 0 Å². The molecule has 9 nitrogen and oxygen atoms in total. The Morgan fingerprint density at radius 2 is 0.537 bits per heavy atom. The number of ether oxygens (including phenoxy) is 4. The minimum Gasteiger partial charge on any atom is -0.545 e. The molecule has 0 aromatic carbocycles. The van der Waals surface area contributed by atoms with Crippen molar-refractivity contribution in [1.82, 2.24) is 0 Å². The van der Waals surface area contributed by atoms with E-state index in [9.17, 15) is 19.5 Å². The molecule has 0 N–H and O–H groups in total. The number of likely N-dealkylation sites (N-methyl/N-ethyl adjacent to an activating group) is 1. The van der Waals surface area contributed by atoms with Gasteiger partial charge in [0, 0.05) is 12.8 Å². The molecule has 2 atom stereocenters. The van der Waals surface area contributed by atoms with E-state index in [0.29, 0.717) is 17.4 Å². The summed E-state index contributed by atoms with van der Waals surface area (Å²) in [6.07, 6.45) is 96.2. The number of hydrogen-bond donors (Lipinski definition) is 0. The van der Waals surface area contributed by atoms with Gasteiger partial charge in [0.25, 0.3) is 0 Å². The SMILES string of the molecule is CCCCCCCCCC/C=C\CCCCCCCCCCCCCCCCCCCCCCCCCCCC(=O)OC(COC(=O)CCCCCCCCCCCCCCCCCCCCCCC/C=C\CCCCCCCCCC)COC(OCC[N+](C)(C)C)C(=O)[O-]. The fourth-order valence-electron chi connectivity index (χ4n) is 13.2. The van der Waals surface area contributed by atoms with Gasteiger partial charge in [-0.05, 0) is 64.2 Å². The predicted molar refractivity (Wildman–Crippen MR) is 408 cm³/mol. The second-order valence-electron chi connectivity index (χ2n) is 30.5. The van der Waals surface area contributed by atoms with Crippen molar-refractivity contribution in [3.8, 4) is 0 Å². The van der Waals surface area contributed by atoms with E-state index in [2.05, 4.69) is 38.2 Å². The zero-order valence-electron chi connectivity index (χ0n) is 64.6. The molecule has 0 bridgehead atoms. The Morgan fingerprint density at radius 1 is 0.305 bits per heavy atom. The van der Waals surface area contributed by atoms with Crippen LogP contribution < -0.4 is 5.11 Å². The molecule has 0 rings (SSSR count). The van der Waals surface area contributed by atoms with E-state index in [-0.39, 0.29) is 32.2 Å². The molecule has 0 aliphatic heterocycles. The molecule has 95 heavy (non-hydrogen) atoms. The van der Waals surface area contributed by atoms with Crippen LogP contribution in [0.3, 0.4) is 0 Å². The summed E-state index contributed by atoms with van der Waals surface area (Å²) in [6.45, 7) is 4.84. The lowest BCUT2D eigenvalue weighted by Crippen LogP contribution is -2.44. The van der Waals surface area contributed by atoms with Crippen LogP contribution >= 0.6 is 0 Å². The topological polar surface area (TPSA) is 111 Å². The first-order valence-electron chi connectivity index (χ1n) is 42.5. The highest BCUT2D eigenvalue weighted by atomic mass is 16.7. The number of quaternary nitrogens is 1. The second-order valence-corrected chi connectivity index (χ2v) is 30.5. The van der Waals surface area contributed by atoms with E-state index in [4.69, 9.17) is 18.9 Å².